The maximum absolute atomic E-state index is 12.2. The van der Waals surface area contributed by atoms with Gasteiger partial charge in [0.2, 0.25) is 0 Å². The van der Waals surface area contributed by atoms with E-state index >= 15 is 0 Å². The fraction of sp³-hybridized carbons (Fsp3) is 0.562. The zero-order chi connectivity index (χ0) is 14.9. The number of amides is 2. The molecule has 2 amide bonds. The second kappa shape index (κ2) is 6.86. The van der Waals surface area contributed by atoms with Crippen molar-refractivity contribution in [3.8, 4) is 0 Å². The Morgan fingerprint density at radius 2 is 2.18 bits per heavy atom. The smallest absolute Gasteiger partial charge is 0.315 e. The number of aryl methyl sites for hydroxylation is 1. The van der Waals surface area contributed by atoms with Crippen LogP contribution in [0.3, 0.4) is 0 Å². The standard InChI is InChI=1S/C16H23N3O2.ClH/c1-11-3-2-4-12(9-11)16(6-7-16)19-15(21)18-13-5-8-17-10-14(13)20;/h2-4,9,13-14,17,20H,5-8,10H2,1H3,(H2,18,19,21);1H/t13-,14-;/m1./s1. The number of urea groups is 1. The molecule has 3 rings (SSSR count). The van der Waals surface area contributed by atoms with Crippen LogP contribution in [0.15, 0.2) is 24.3 Å². The van der Waals surface area contributed by atoms with Gasteiger partial charge in [-0.2, -0.15) is 0 Å². The van der Waals surface area contributed by atoms with Gasteiger partial charge in [0.25, 0.3) is 0 Å². The highest BCUT2D eigenvalue weighted by Gasteiger charge is 2.46. The van der Waals surface area contributed by atoms with Gasteiger partial charge in [0, 0.05) is 6.54 Å². The maximum Gasteiger partial charge on any atom is 0.315 e. The Hall–Kier alpha value is -1.30. The molecule has 1 aliphatic carbocycles. The topological polar surface area (TPSA) is 73.4 Å². The lowest BCUT2D eigenvalue weighted by Crippen LogP contribution is -2.55. The Morgan fingerprint density at radius 1 is 1.41 bits per heavy atom. The van der Waals surface area contributed by atoms with Crippen LogP contribution in [0, 0.1) is 6.92 Å². The summed E-state index contributed by atoms with van der Waals surface area (Å²) in [7, 11) is 0. The van der Waals surface area contributed by atoms with E-state index in [1.165, 1.54) is 11.1 Å². The number of hydrogen-bond donors (Lipinski definition) is 4. The minimum Gasteiger partial charge on any atom is -0.390 e. The number of carbonyl (C=O) groups excluding carboxylic acids is 1. The van der Waals surface area contributed by atoms with Crippen LogP contribution >= 0.6 is 12.4 Å². The number of aliphatic hydroxyl groups is 1. The second-order valence-electron chi connectivity index (χ2n) is 6.22. The molecule has 1 aliphatic heterocycles. The van der Waals surface area contributed by atoms with Crippen molar-refractivity contribution < 1.29 is 9.90 Å². The van der Waals surface area contributed by atoms with Crippen LogP contribution < -0.4 is 16.0 Å². The molecule has 1 saturated heterocycles. The van der Waals surface area contributed by atoms with E-state index in [4.69, 9.17) is 0 Å². The molecule has 2 aliphatic rings. The first kappa shape index (κ1) is 17.1. The summed E-state index contributed by atoms with van der Waals surface area (Å²) in [5.74, 6) is 0. The predicted molar refractivity (Wildman–Crippen MR) is 88.3 cm³/mol. The Kier molecular flexibility index (Phi) is 5.32. The van der Waals surface area contributed by atoms with Gasteiger partial charge in [0.1, 0.15) is 0 Å². The quantitative estimate of drug-likeness (QED) is 0.679. The van der Waals surface area contributed by atoms with Crippen LogP contribution in [-0.4, -0.2) is 36.4 Å². The van der Waals surface area contributed by atoms with Gasteiger partial charge in [-0.3, -0.25) is 0 Å². The molecule has 2 atom stereocenters. The van der Waals surface area contributed by atoms with E-state index in [1.807, 2.05) is 6.07 Å². The molecule has 22 heavy (non-hydrogen) atoms. The molecule has 1 aromatic rings. The number of rotatable bonds is 3. The van der Waals surface area contributed by atoms with Crippen molar-refractivity contribution in [1.29, 1.82) is 0 Å². The highest BCUT2D eigenvalue weighted by Crippen LogP contribution is 2.45. The number of benzene rings is 1. The summed E-state index contributed by atoms with van der Waals surface area (Å²) >= 11 is 0. The monoisotopic (exact) mass is 325 g/mol. The van der Waals surface area contributed by atoms with E-state index in [1.54, 1.807) is 0 Å². The molecule has 1 saturated carbocycles. The highest BCUT2D eigenvalue weighted by molar-refractivity contribution is 5.85. The Balaban J connectivity index is 0.00000176. The average molecular weight is 326 g/mol. The van der Waals surface area contributed by atoms with Crippen LogP contribution in [0.1, 0.15) is 30.4 Å². The summed E-state index contributed by atoms with van der Waals surface area (Å²) in [6.45, 7) is 3.42. The van der Waals surface area contributed by atoms with Crippen molar-refractivity contribution in [3.63, 3.8) is 0 Å². The molecule has 0 bridgehead atoms. The molecular formula is C16H24ClN3O2. The summed E-state index contributed by atoms with van der Waals surface area (Å²) in [6, 6.07) is 7.94. The molecule has 122 valence electrons. The molecule has 0 unspecified atom stereocenters. The minimum absolute atomic E-state index is 0. The van der Waals surface area contributed by atoms with Crippen LogP contribution in [0.2, 0.25) is 0 Å². The van der Waals surface area contributed by atoms with Gasteiger partial charge in [-0.05, 0) is 38.3 Å². The Morgan fingerprint density at radius 3 is 2.82 bits per heavy atom. The van der Waals surface area contributed by atoms with Gasteiger partial charge in [-0.1, -0.05) is 29.8 Å². The van der Waals surface area contributed by atoms with E-state index in [0.717, 1.165) is 25.8 Å². The third kappa shape index (κ3) is 3.72. The lowest BCUT2D eigenvalue weighted by Gasteiger charge is -2.30. The summed E-state index contributed by atoms with van der Waals surface area (Å²) in [4.78, 5) is 12.2. The van der Waals surface area contributed by atoms with Crippen molar-refractivity contribution in [1.82, 2.24) is 16.0 Å². The molecule has 1 heterocycles. The van der Waals surface area contributed by atoms with Crippen LogP contribution in [0.4, 0.5) is 4.79 Å². The number of aliphatic hydroxyl groups excluding tert-OH is 1. The summed E-state index contributed by atoms with van der Waals surface area (Å²) in [6.07, 6.45) is 2.18. The van der Waals surface area contributed by atoms with E-state index in [9.17, 15) is 9.90 Å². The normalized spacial score (nSPS) is 25.7. The van der Waals surface area contributed by atoms with Gasteiger partial charge in [0.05, 0.1) is 17.7 Å². The summed E-state index contributed by atoms with van der Waals surface area (Å²) < 4.78 is 0. The SMILES string of the molecule is Cc1cccc(C2(NC(=O)N[C@@H]3CCNC[C@H]3O)CC2)c1.Cl. The number of halogens is 1. The summed E-state index contributed by atoms with van der Waals surface area (Å²) in [5, 5.41) is 19.0. The largest absolute Gasteiger partial charge is 0.390 e. The van der Waals surface area contributed by atoms with E-state index in [0.29, 0.717) is 6.54 Å². The maximum atomic E-state index is 12.2. The van der Waals surface area contributed by atoms with Gasteiger partial charge in [0.15, 0.2) is 0 Å². The zero-order valence-electron chi connectivity index (χ0n) is 12.8. The van der Waals surface area contributed by atoms with Crippen LogP contribution in [0.25, 0.3) is 0 Å². The first-order valence-corrected chi connectivity index (χ1v) is 7.64. The molecular weight excluding hydrogens is 302 g/mol. The lowest BCUT2D eigenvalue weighted by atomic mass is 10.0. The van der Waals surface area contributed by atoms with Gasteiger partial charge in [-0.15, -0.1) is 12.4 Å². The molecule has 0 spiro atoms. The number of nitrogens with one attached hydrogen (secondary N) is 3. The van der Waals surface area contributed by atoms with E-state index < -0.39 is 6.10 Å². The van der Waals surface area contributed by atoms with E-state index in [2.05, 4.69) is 41.1 Å². The highest BCUT2D eigenvalue weighted by atomic mass is 35.5. The molecule has 0 aromatic heterocycles. The fourth-order valence-electron chi connectivity index (χ4n) is 2.99. The first-order valence-electron chi connectivity index (χ1n) is 7.64. The number of piperidine rings is 1. The van der Waals surface area contributed by atoms with Gasteiger partial charge in [-0.25, -0.2) is 4.79 Å². The van der Waals surface area contributed by atoms with Crippen LogP contribution in [-0.2, 0) is 5.54 Å². The second-order valence-corrected chi connectivity index (χ2v) is 6.22. The van der Waals surface area contributed by atoms with Gasteiger partial charge >= 0.3 is 6.03 Å². The molecule has 5 nitrogen and oxygen atoms in total. The molecule has 4 N–H and O–H groups in total. The van der Waals surface area contributed by atoms with Crippen molar-refractivity contribution in [2.75, 3.05) is 13.1 Å². The van der Waals surface area contributed by atoms with Crippen LogP contribution in [0.5, 0.6) is 0 Å². The third-order valence-electron chi connectivity index (χ3n) is 4.44. The molecule has 0 radical (unpaired) electrons. The Labute approximate surface area is 137 Å². The first-order chi connectivity index (χ1) is 10.1. The van der Waals surface area contributed by atoms with E-state index in [-0.39, 0.29) is 30.0 Å². The number of hydrogen-bond acceptors (Lipinski definition) is 3. The molecule has 1 aromatic carbocycles. The molecule has 6 heteroatoms. The third-order valence-corrected chi connectivity index (χ3v) is 4.44. The van der Waals surface area contributed by atoms with Crippen molar-refractivity contribution in [2.24, 2.45) is 0 Å². The average Bonchev–Trinajstić information content (AvgIpc) is 3.22. The number of β-amino-alcohol motifs (C(OH)–C–C–N with tert-alkyl or cyclic N) is 1. The lowest BCUT2D eigenvalue weighted by molar-refractivity contribution is 0.105. The molecule has 2 fully saturated rings. The van der Waals surface area contributed by atoms with Gasteiger partial charge < -0.3 is 21.1 Å². The number of carbonyl (C=O) groups is 1. The fourth-order valence-corrected chi connectivity index (χ4v) is 2.99. The minimum atomic E-state index is -0.515. The predicted octanol–water partition coefficient (Wildman–Crippen LogP) is 1.43. The van der Waals surface area contributed by atoms with Crippen molar-refractivity contribution >= 4 is 18.4 Å². The zero-order valence-corrected chi connectivity index (χ0v) is 13.6. The summed E-state index contributed by atoms with van der Waals surface area (Å²) in [5.41, 5.74) is 2.16. The van der Waals surface area contributed by atoms with Crippen molar-refractivity contribution in [2.45, 2.75) is 43.9 Å². The van der Waals surface area contributed by atoms with Crippen molar-refractivity contribution in [3.05, 3.63) is 35.4 Å². The Bertz CT molecular complexity index is 534.